The number of nitrogens with zero attached hydrogens (tertiary/aromatic N) is 1. The van der Waals surface area contributed by atoms with Gasteiger partial charge in [0.2, 0.25) is 0 Å². The van der Waals surface area contributed by atoms with E-state index in [2.05, 4.69) is 4.98 Å². The highest BCUT2D eigenvalue weighted by Gasteiger charge is 2.34. The number of thiazole rings is 1. The number of rotatable bonds is 4. The zero-order valence-electron chi connectivity index (χ0n) is 8.32. The molecule has 0 saturated heterocycles. The van der Waals surface area contributed by atoms with Crippen LogP contribution < -0.4 is 0 Å². The van der Waals surface area contributed by atoms with Crippen LogP contribution in [0.25, 0.3) is 0 Å². The molecule has 0 radical (unpaired) electrons. The first-order valence-corrected chi connectivity index (χ1v) is 5.53. The topological polar surface area (TPSA) is 39.2 Å². The van der Waals surface area contributed by atoms with Gasteiger partial charge in [-0.2, -0.15) is 0 Å². The molecule has 76 valence electrons. The van der Waals surface area contributed by atoms with Gasteiger partial charge < -0.3 is 4.74 Å². The third-order valence-electron chi connectivity index (χ3n) is 2.42. The van der Waals surface area contributed by atoms with E-state index in [-0.39, 0.29) is 11.9 Å². The Morgan fingerprint density at radius 2 is 2.43 bits per heavy atom. The van der Waals surface area contributed by atoms with Crippen LogP contribution in [0.1, 0.15) is 40.5 Å². The zero-order valence-corrected chi connectivity index (χ0v) is 9.13. The molecular weight excluding hydrogens is 198 g/mol. The largest absolute Gasteiger partial charge is 0.374 e. The highest BCUT2D eigenvalue weighted by Crippen LogP contribution is 2.43. The summed E-state index contributed by atoms with van der Waals surface area (Å²) in [5.74, 6) is 0.699. The smallest absolute Gasteiger partial charge is 0.171 e. The van der Waals surface area contributed by atoms with Crippen LogP contribution in [0.3, 0.4) is 0 Å². The van der Waals surface area contributed by atoms with Crippen LogP contribution in [0.5, 0.6) is 0 Å². The summed E-state index contributed by atoms with van der Waals surface area (Å²) in [6.45, 7) is 1.57. The fraction of sp³-hybridized carbons (Fsp3) is 0.600. The minimum Gasteiger partial charge on any atom is -0.374 e. The highest BCUT2D eigenvalue weighted by molar-refractivity contribution is 7.13. The SMILES string of the molecule is COC(c1ncc(C(C)=O)s1)C1CC1. The third-order valence-corrected chi connectivity index (χ3v) is 3.58. The van der Waals surface area contributed by atoms with E-state index in [1.165, 1.54) is 24.2 Å². The van der Waals surface area contributed by atoms with Crippen LogP contribution in [-0.4, -0.2) is 17.9 Å². The first-order valence-electron chi connectivity index (χ1n) is 4.72. The van der Waals surface area contributed by atoms with Gasteiger partial charge in [0.05, 0.1) is 4.88 Å². The van der Waals surface area contributed by atoms with Gasteiger partial charge in [-0.1, -0.05) is 0 Å². The Bertz CT molecular complexity index is 344. The molecule has 1 atom stereocenters. The number of aromatic nitrogens is 1. The highest BCUT2D eigenvalue weighted by atomic mass is 32.1. The van der Waals surface area contributed by atoms with Crippen molar-refractivity contribution in [3.8, 4) is 0 Å². The Kier molecular flexibility index (Phi) is 2.65. The van der Waals surface area contributed by atoms with E-state index >= 15 is 0 Å². The summed E-state index contributed by atoms with van der Waals surface area (Å²) in [6, 6.07) is 0. The number of carbonyl (C=O) groups excluding carboxylic acids is 1. The monoisotopic (exact) mass is 211 g/mol. The second-order valence-corrected chi connectivity index (χ2v) is 4.67. The van der Waals surface area contributed by atoms with E-state index in [9.17, 15) is 4.79 Å². The van der Waals surface area contributed by atoms with E-state index in [0.717, 1.165) is 9.88 Å². The van der Waals surface area contributed by atoms with Crippen LogP contribution in [0.4, 0.5) is 0 Å². The van der Waals surface area contributed by atoms with Gasteiger partial charge in [0, 0.05) is 20.2 Å². The van der Waals surface area contributed by atoms with Crippen molar-refractivity contribution in [1.82, 2.24) is 4.98 Å². The standard InChI is InChI=1S/C10H13NO2S/c1-6(12)8-5-11-10(14-8)9(13-2)7-3-4-7/h5,7,9H,3-4H2,1-2H3. The maximum absolute atomic E-state index is 11.1. The summed E-state index contributed by atoms with van der Waals surface area (Å²) in [4.78, 5) is 16.1. The van der Waals surface area contributed by atoms with Crippen molar-refractivity contribution >= 4 is 17.1 Å². The average Bonchev–Trinajstić information content (AvgIpc) is 2.84. The van der Waals surface area contributed by atoms with Gasteiger partial charge in [0.15, 0.2) is 5.78 Å². The van der Waals surface area contributed by atoms with E-state index in [4.69, 9.17) is 4.74 Å². The van der Waals surface area contributed by atoms with Crippen LogP contribution in [0.2, 0.25) is 0 Å². The Morgan fingerprint density at radius 3 is 2.86 bits per heavy atom. The van der Waals surface area contributed by atoms with Crippen LogP contribution in [-0.2, 0) is 4.74 Å². The molecule has 0 bridgehead atoms. The predicted octanol–water partition coefficient (Wildman–Crippen LogP) is 2.44. The van der Waals surface area contributed by atoms with E-state index in [1.54, 1.807) is 20.2 Å². The lowest BCUT2D eigenvalue weighted by molar-refractivity contribution is 0.0844. The number of carbonyl (C=O) groups is 1. The molecule has 4 heteroatoms. The lowest BCUT2D eigenvalue weighted by Crippen LogP contribution is -2.02. The molecule has 3 nitrogen and oxygen atoms in total. The Balaban J connectivity index is 2.17. The molecule has 1 saturated carbocycles. The van der Waals surface area contributed by atoms with Crippen LogP contribution in [0.15, 0.2) is 6.20 Å². The summed E-state index contributed by atoms with van der Waals surface area (Å²) >= 11 is 1.46. The minimum absolute atomic E-state index is 0.0828. The molecule has 1 heterocycles. The number of ketones is 1. The van der Waals surface area contributed by atoms with Crippen molar-refractivity contribution in [1.29, 1.82) is 0 Å². The number of hydrogen-bond donors (Lipinski definition) is 0. The Labute approximate surface area is 87.1 Å². The molecule has 1 aromatic heterocycles. The molecule has 1 aliphatic carbocycles. The van der Waals surface area contributed by atoms with E-state index < -0.39 is 0 Å². The summed E-state index contributed by atoms with van der Waals surface area (Å²) in [5.41, 5.74) is 0. The van der Waals surface area contributed by atoms with Crippen molar-refractivity contribution in [3.63, 3.8) is 0 Å². The van der Waals surface area contributed by atoms with Gasteiger partial charge >= 0.3 is 0 Å². The molecule has 1 aromatic rings. The third kappa shape index (κ3) is 1.86. The zero-order chi connectivity index (χ0) is 10.1. The fourth-order valence-corrected chi connectivity index (χ4v) is 2.46. The molecule has 1 aliphatic rings. The Hall–Kier alpha value is -0.740. The summed E-state index contributed by atoms with van der Waals surface area (Å²) in [5, 5.41) is 0.945. The van der Waals surface area contributed by atoms with E-state index in [0.29, 0.717) is 5.92 Å². The molecule has 0 aromatic carbocycles. The number of Topliss-reactive ketones (excluding diaryl/α,β-unsaturated/α-hetero) is 1. The quantitative estimate of drug-likeness (QED) is 0.718. The molecule has 0 aliphatic heterocycles. The first kappa shape index (κ1) is 9.80. The van der Waals surface area contributed by atoms with Gasteiger partial charge in [0.1, 0.15) is 11.1 Å². The number of ether oxygens (including phenoxy) is 1. The number of hydrogen-bond acceptors (Lipinski definition) is 4. The maximum Gasteiger partial charge on any atom is 0.171 e. The summed E-state index contributed by atoms with van der Waals surface area (Å²) < 4.78 is 5.39. The van der Waals surface area contributed by atoms with Crippen molar-refractivity contribution in [2.75, 3.05) is 7.11 Å². The molecule has 1 unspecified atom stereocenters. The predicted molar refractivity (Wildman–Crippen MR) is 54.6 cm³/mol. The fourth-order valence-electron chi connectivity index (χ4n) is 1.48. The molecule has 1 fully saturated rings. The molecule has 0 N–H and O–H groups in total. The molecular formula is C10H13NO2S. The molecule has 14 heavy (non-hydrogen) atoms. The Morgan fingerprint density at radius 1 is 1.71 bits per heavy atom. The normalized spacial score (nSPS) is 18.1. The number of methoxy groups -OCH3 is 1. The average molecular weight is 211 g/mol. The molecule has 0 amide bonds. The second kappa shape index (κ2) is 3.79. The van der Waals surface area contributed by atoms with Gasteiger partial charge in [-0.3, -0.25) is 4.79 Å². The molecule has 0 spiro atoms. The first-order chi connectivity index (χ1) is 6.72. The van der Waals surface area contributed by atoms with E-state index in [1.807, 2.05) is 0 Å². The second-order valence-electron chi connectivity index (χ2n) is 3.61. The summed E-state index contributed by atoms with van der Waals surface area (Å²) in [6.07, 6.45) is 4.19. The van der Waals surface area contributed by atoms with Crippen LogP contribution in [0, 0.1) is 5.92 Å². The molecule has 2 rings (SSSR count). The lowest BCUT2D eigenvalue weighted by Gasteiger charge is -2.09. The van der Waals surface area contributed by atoms with Crippen molar-refractivity contribution in [2.45, 2.75) is 25.9 Å². The van der Waals surface area contributed by atoms with Crippen molar-refractivity contribution in [2.24, 2.45) is 5.92 Å². The minimum atomic E-state index is 0.0828. The van der Waals surface area contributed by atoms with Gasteiger partial charge in [0.25, 0.3) is 0 Å². The van der Waals surface area contributed by atoms with Crippen LogP contribution >= 0.6 is 11.3 Å². The van der Waals surface area contributed by atoms with Crippen molar-refractivity contribution in [3.05, 3.63) is 16.1 Å². The van der Waals surface area contributed by atoms with Gasteiger partial charge in [-0.15, -0.1) is 11.3 Å². The van der Waals surface area contributed by atoms with Gasteiger partial charge in [-0.05, 0) is 18.8 Å². The maximum atomic E-state index is 11.1. The van der Waals surface area contributed by atoms with Crippen molar-refractivity contribution < 1.29 is 9.53 Å². The lowest BCUT2D eigenvalue weighted by atomic mass is 10.2. The van der Waals surface area contributed by atoms with Gasteiger partial charge in [-0.25, -0.2) is 4.98 Å². The summed E-state index contributed by atoms with van der Waals surface area (Å²) in [7, 11) is 1.71.